The lowest BCUT2D eigenvalue weighted by Crippen LogP contribution is -2.08. The molecule has 0 bridgehead atoms. The van der Waals surface area contributed by atoms with E-state index in [1.165, 1.54) is 44.2 Å². The van der Waals surface area contributed by atoms with Crippen molar-refractivity contribution >= 4 is 0 Å². The molecule has 0 aliphatic heterocycles. The molecular formula is C16H28N2. The normalized spacial score (nSPS) is 11.1. The standard InChI is InChI=1S/C16H28N2/c1-4-7-10-15-11-12-17-16(18-15)13-14(8-5-2)9-6-3/h11-12,14H,4-10,13H2,1-3H3. The number of nitrogens with zero attached hydrogens (tertiary/aromatic N) is 2. The highest BCUT2D eigenvalue weighted by atomic mass is 14.9. The summed E-state index contributed by atoms with van der Waals surface area (Å²) in [5.41, 5.74) is 1.22. The van der Waals surface area contributed by atoms with E-state index in [-0.39, 0.29) is 0 Å². The summed E-state index contributed by atoms with van der Waals surface area (Å²) in [5.74, 6) is 1.82. The second kappa shape index (κ2) is 9.07. The Kier molecular flexibility index (Phi) is 7.63. The third kappa shape index (κ3) is 5.61. The predicted molar refractivity (Wildman–Crippen MR) is 77.7 cm³/mol. The van der Waals surface area contributed by atoms with Crippen molar-refractivity contribution in [3.8, 4) is 0 Å². The summed E-state index contributed by atoms with van der Waals surface area (Å²) in [7, 11) is 0. The van der Waals surface area contributed by atoms with E-state index in [9.17, 15) is 0 Å². The van der Waals surface area contributed by atoms with E-state index < -0.39 is 0 Å². The number of aryl methyl sites for hydroxylation is 1. The summed E-state index contributed by atoms with van der Waals surface area (Å²) < 4.78 is 0. The highest BCUT2D eigenvalue weighted by Crippen LogP contribution is 2.17. The maximum absolute atomic E-state index is 4.70. The highest BCUT2D eigenvalue weighted by Gasteiger charge is 2.10. The molecular weight excluding hydrogens is 220 g/mol. The summed E-state index contributed by atoms with van der Waals surface area (Å²) in [6.07, 6.45) is 11.7. The minimum absolute atomic E-state index is 0.765. The summed E-state index contributed by atoms with van der Waals surface area (Å²) in [6.45, 7) is 6.75. The van der Waals surface area contributed by atoms with Gasteiger partial charge in [-0.15, -0.1) is 0 Å². The van der Waals surface area contributed by atoms with Gasteiger partial charge in [0.2, 0.25) is 0 Å². The van der Waals surface area contributed by atoms with Crippen LogP contribution in [0.2, 0.25) is 0 Å². The van der Waals surface area contributed by atoms with E-state index in [4.69, 9.17) is 4.98 Å². The Balaban J connectivity index is 2.58. The van der Waals surface area contributed by atoms with Gasteiger partial charge in [-0.1, -0.05) is 52.9 Å². The Morgan fingerprint density at radius 1 is 1.06 bits per heavy atom. The van der Waals surface area contributed by atoms with Gasteiger partial charge in [-0.05, 0) is 24.8 Å². The zero-order valence-corrected chi connectivity index (χ0v) is 12.3. The van der Waals surface area contributed by atoms with Crippen LogP contribution in [0.5, 0.6) is 0 Å². The van der Waals surface area contributed by atoms with E-state index in [1.807, 2.05) is 6.20 Å². The van der Waals surface area contributed by atoms with Gasteiger partial charge in [-0.3, -0.25) is 0 Å². The Labute approximate surface area is 112 Å². The highest BCUT2D eigenvalue weighted by molar-refractivity contribution is 5.03. The second-order valence-electron chi connectivity index (χ2n) is 5.22. The van der Waals surface area contributed by atoms with Crippen LogP contribution in [0.15, 0.2) is 12.3 Å². The molecule has 0 radical (unpaired) electrons. The first-order valence-electron chi connectivity index (χ1n) is 7.60. The second-order valence-corrected chi connectivity index (χ2v) is 5.22. The van der Waals surface area contributed by atoms with Gasteiger partial charge in [0.25, 0.3) is 0 Å². The van der Waals surface area contributed by atoms with Crippen molar-refractivity contribution in [1.29, 1.82) is 0 Å². The quantitative estimate of drug-likeness (QED) is 0.639. The molecule has 0 saturated carbocycles. The van der Waals surface area contributed by atoms with Crippen LogP contribution in [-0.4, -0.2) is 9.97 Å². The van der Waals surface area contributed by atoms with E-state index in [0.29, 0.717) is 0 Å². The third-order valence-corrected chi connectivity index (χ3v) is 3.41. The summed E-state index contributed by atoms with van der Waals surface area (Å²) in [5, 5.41) is 0. The maximum Gasteiger partial charge on any atom is 0.128 e. The maximum atomic E-state index is 4.70. The van der Waals surface area contributed by atoms with Crippen LogP contribution in [0.25, 0.3) is 0 Å². The van der Waals surface area contributed by atoms with E-state index >= 15 is 0 Å². The third-order valence-electron chi connectivity index (χ3n) is 3.41. The van der Waals surface area contributed by atoms with Gasteiger partial charge in [0.1, 0.15) is 5.82 Å². The predicted octanol–water partition coefficient (Wildman–Crippen LogP) is 4.58. The first-order chi connectivity index (χ1) is 8.80. The van der Waals surface area contributed by atoms with Gasteiger partial charge in [0, 0.05) is 18.3 Å². The van der Waals surface area contributed by atoms with Gasteiger partial charge in [-0.2, -0.15) is 0 Å². The number of hydrogen-bond acceptors (Lipinski definition) is 2. The summed E-state index contributed by atoms with van der Waals surface area (Å²) in [6, 6.07) is 2.06. The molecule has 1 rings (SSSR count). The molecule has 102 valence electrons. The zero-order valence-electron chi connectivity index (χ0n) is 12.3. The van der Waals surface area contributed by atoms with Crippen LogP contribution in [0, 0.1) is 5.92 Å². The van der Waals surface area contributed by atoms with Gasteiger partial charge >= 0.3 is 0 Å². The fourth-order valence-corrected chi connectivity index (χ4v) is 2.46. The minimum atomic E-state index is 0.765. The van der Waals surface area contributed by atoms with Gasteiger partial charge in [0.15, 0.2) is 0 Å². The molecule has 0 unspecified atom stereocenters. The molecule has 0 amide bonds. The molecule has 1 heterocycles. The van der Waals surface area contributed by atoms with Crippen molar-refractivity contribution < 1.29 is 0 Å². The summed E-state index contributed by atoms with van der Waals surface area (Å²) in [4.78, 5) is 9.14. The molecule has 0 aromatic carbocycles. The smallest absolute Gasteiger partial charge is 0.128 e. The molecule has 0 aliphatic carbocycles. The molecule has 1 aromatic rings. The first-order valence-corrected chi connectivity index (χ1v) is 7.60. The monoisotopic (exact) mass is 248 g/mol. The molecule has 0 fully saturated rings. The minimum Gasteiger partial charge on any atom is -0.241 e. The fourth-order valence-electron chi connectivity index (χ4n) is 2.46. The Morgan fingerprint density at radius 2 is 1.78 bits per heavy atom. The van der Waals surface area contributed by atoms with Gasteiger partial charge in [-0.25, -0.2) is 9.97 Å². The van der Waals surface area contributed by atoms with E-state index in [2.05, 4.69) is 31.8 Å². The Morgan fingerprint density at radius 3 is 2.39 bits per heavy atom. The van der Waals surface area contributed by atoms with Crippen LogP contribution in [0.3, 0.4) is 0 Å². The van der Waals surface area contributed by atoms with Crippen molar-refractivity contribution in [2.24, 2.45) is 5.92 Å². The van der Waals surface area contributed by atoms with Gasteiger partial charge < -0.3 is 0 Å². The van der Waals surface area contributed by atoms with Crippen molar-refractivity contribution in [2.45, 2.75) is 72.1 Å². The average molecular weight is 248 g/mol. The molecule has 0 N–H and O–H groups in total. The number of hydrogen-bond donors (Lipinski definition) is 0. The van der Waals surface area contributed by atoms with Crippen molar-refractivity contribution in [2.75, 3.05) is 0 Å². The van der Waals surface area contributed by atoms with E-state index in [0.717, 1.165) is 24.6 Å². The number of unbranched alkanes of at least 4 members (excludes halogenated alkanes) is 1. The van der Waals surface area contributed by atoms with Crippen molar-refractivity contribution in [3.63, 3.8) is 0 Å². The van der Waals surface area contributed by atoms with Crippen LogP contribution < -0.4 is 0 Å². The molecule has 0 atom stereocenters. The SMILES string of the molecule is CCCCc1ccnc(CC(CCC)CCC)n1. The van der Waals surface area contributed by atoms with Crippen molar-refractivity contribution in [1.82, 2.24) is 9.97 Å². The Bertz CT molecular complexity index is 317. The van der Waals surface area contributed by atoms with Gasteiger partial charge in [0.05, 0.1) is 0 Å². The van der Waals surface area contributed by atoms with Crippen LogP contribution in [-0.2, 0) is 12.8 Å². The zero-order chi connectivity index (χ0) is 13.2. The molecule has 2 heteroatoms. The van der Waals surface area contributed by atoms with Crippen LogP contribution >= 0.6 is 0 Å². The molecule has 0 aliphatic rings. The number of rotatable bonds is 9. The molecule has 0 saturated heterocycles. The molecule has 18 heavy (non-hydrogen) atoms. The first kappa shape index (κ1) is 15.1. The molecule has 0 spiro atoms. The largest absolute Gasteiger partial charge is 0.241 e. The Hall–Kier alpha value is -0.920. The van der Waals surface area contributed by atoms with Crippen LogP contribution in [0.4, 0.5) is 0 Å². The van der Waals surface area contributed by atoms with E-state index in [1.54, 1.807) is 0 Å². The lowest BCUT2D eigenvalue weighted by Gasteiger charge is -2.14. The average Bonchev–Trinajstić information content (AvgIpc) is 2.37. The fraction of sp³-hybridized carbons (Fsp3) is 0.750. The topological polar surface area (TPSA) is 25.8 Å². The molecule has 1 aromatic heterocycles. The number of aromatic nitrogens is 2. The lowest BCUT2D eigenvalue weighted by atomic mass is 9.94. The van der Waals surface area contributed by atoms with Crippen LogP contribution in [0.1, 0.15) is 70.8 Å². The molecule has 2 nitrogen and oxygen atoms in total. The van der Waals surface area contributed by atoms with Crippen molar-refractivity contribution in [3.05, 3.63) is 23.8 Å². The summed E-state index contributed by atoms with van der Waals surface area (Å²) >= 11 is 0. The lowest BCUT2D eigenvalue weighted by molar-refractivity contribution is 0.428.